The van der Waals surface area contributed by atoms with E-state index in [2.05, 4.69) is 19.9 Å². The van der Waals surface area contributed by atoms with E-state index in [-0.39, 0.29) is 22.7 Å². The van der Waals surface area contributed by atoms with Gasteiger partial charge >= 0.3 is 0 Å². The molecule has 0 aliphatic rings. The molecule has 2 heterocycles. The highest BCUT2D eigenvalue weighted by Crippen LogP contribution is 2.26. The van der Waals surface area contributed by atoms with Crippen LogP contribution in [0.1, 0.15) is 22.5 Å². The van der Waals surface area contributed by atoms with Crippen LogP contribution in [-0.2, 0) is 6.67 Å². The van der Waals surface area contributed by atoms with Crippen LogP contribution in [0.3, 0.4) is 0 Å². The van der Waals surface area contributed by atoms with E-state index < -0.39 is 6.67 Å². The number of rotatable bonds is 2. The molecule has 6 nitrogen and oxygen atoms in total. The molecule has 0 fully saturated rings. The molecule has 0 spiro atoms. The van der Waals surface area contributed by atoms with Gasteiger partial charge in [0.15, 0.2) is 22.7 Å². The fraction of sp³-hybridized carbons (Fsp3) is 0.100. The van der Waals surface area contributed by atoms with Crippen molar-refractivity contribution in [2.24, 2.45) is 0 Å². The minimum atomic E-state index is -0.527. The lowest BCUT2D eigenvalue weighted by Crippen LogP contribution is -2.00. The first-order chi connectivity index (χ1) is 13.1. The number of fused-ring (bicyclic) bond motifs is 2. The summed E-state index contributed by atoms with van der Waals surface area (Å²) < 4.78 is 13.1. The summed E-state index contributed by atoms with van der Waals surface area (Å²) in [7, 11) is 0. The Morgan fingerprint density at radius 1 is 0.815 bits per heavy atom. The number of hydrogen-bond acceptors (Lipinski definition) is 6. The Hall–Kier alpha value is -3.97. The van der Waals surface area contributed by atoms with Gasteiger partial charge in [-0.05, 0) is 41.8 Å². The van der Waals surface area contributed by atoms with Crippen molar-refractivity contribution in [3.63, 3.8) is 0 Å². The van der Waals surface area contributed by atoms with Crippen molar-refractivity contribution in [2.45, 2.75) is 13.6 Å². The molecule has 0 radical (unpaired) electrons. The number of halogens is 1. The van der Waals surface area contributed by atoms with E-state index >= 15 is 0 Å². The van der Waals surface area contributed by atoms with Crippen molar-refractivity contribution in [1.82, 2.24) is 19.9 Å². The Morgan fingerprint density at radius 2 is 1.48 bits per heavy atom. The first-order valence-corrected chi connectivity index (χ1v) is 8.08. The van der Waals surface area contributed by atoms with E-state index in [1.165, 1.54) is 0 Å². The zero-order valence-electron chi connectivity index (χ0n) is 14.2. The second-order valence-electron chi connectivity index (χ2n) is 6.06. The third-order valence-corrected chi connectivity index (χ3v) is 4.12. The SMILES string of the molecule is Cc1cc(CF)cc(-c2ccc3nc4nc(C#N)c(C#N)nc4nc3c2)c1. The van der Waals surface area contributed by atoms with Crippen LogP contribution in [0.5, 0.6) is 0 Å². The lowest BCUT2D eigenvalue weighted by atomic mass is 10.00. The summed E-state index contributed by atoms with van der Waals surface area (Å²) in [5.74, 6) is 0. The van der Waals surface area contributed by atoms with Gasteiger partial charge in [-0.1, -0.05) is 23.8 Å². The maximum absolute atomic E-state index is 13.1. The molecule has 27 heavy (non-hydrogen) atoms. The molecule has 0 aliphatic heterocycles. The number of aromatic nitrogens is 4. The number of nitrogens with zero attached hydrogens (tertiary/aromatic N) is 6. The van der Waals surface area contributed by atoms with Gasteiger partial charge < -0.3 is 0 Å². The minimum Gasteiger partial charge on any atom is -0.246 e. The van der Waals surface area contributed by atoms with E-state index in [0.29, 0.717) is 16.6 Å². The van der Waals surface area contributed by atoms with Gasteiger partial charge in [-0.25, -0.2) is 24.3 Å². The highest BCUT2D eigenvalue weighted by atomic mass is 19.1. The largest absolute Gasteiger partial charge is 0.246 e. The van der Waals surface area contributed by atoms with Crippen LogP contribution in [0.2, 0.25) is 0 Å². The van der Waals surface area contributed by atoms with Crippen molar-refractivity contribution in [3.8, 4) is 23.3 Å². The highest BCUT2D eigenvalue weighted by Gasteiger charge is 2.12. The van der Waals surface area contributed by atoms with Crippen LogP contribution >= 0.6 is 0 Å². The molecule has 0 unspecified atom stereocenters. The summed E-state index contributed by atoms with van der Waals surface area (Å²) in [4.78, 5) is 17.0. The predicted octanol–water partition coefficient (Wildman–Crippen LogP) is 3.76. The molecule has 0 aliphatic carbocycles. The minimum absolute atomic E-state index is 0.0752. The second-order valence-corrected chi connectivity index (χ2v) is 6.06. The molecule has 128 valence electrons. The average molecular weight is 354 g/mol. The third kappa shape index (κ3) is 2.92. The smallest absolute Gasteiger partial charge is 0.199 e. The lowest BCUT2D eigenvalue weighted by Gasteiger charge is -2.07. The number of benzene rings is 2. The highest BCUT2D eigenvalue weighted by molar-refractivity contribution is 5.86. The molecule has 0 amide bonds. The average Bonchev–Trinajstić information content (AvgIpc) is 2.70. The lowest BCUT2D eigenvalue weighted by molar-refractivity contribution is 0.485. The van der Waals surface area contributed by atoms with Crippen molar-refractivity contribution in [1.29, 1.82) is 10.5 Å². The molecule has 2 aromatic carbocycles. The third-order valence-electron chi connectivity index (χ3n) is 4.12. The van der Waals surface area contributed by atoms with Crippen LogP contribution in [0.15, 0.2) is 36.4 Å². The number of nitriles is 2. The summed E-state index contributed by atoms with van der Waals surface area (Å²) in [6, 6.07) is 14.8. The van der Waals surface area contributed by atoms with Gasteiger partial charge in [-0.3, -0.25) is 0 Å². The Morgan fingerprint density at radius 3 is 2.11 bits per heavy atom. The predicted molar refractivity (Wildman–Crippen MR) is 97.0 cm³/mol. The van der Waals surface area contributed by atoms with Gasteiger partial charge in [0, 0.05) is 0 Å². The van der Waals surface area contributed by atoms with Gasteiger partial charge in [0.25, 0.3) is 0 Å². The van der Waals surface area contributed by atoms with Gasteiger partial charge in [0.1, 0.15) is 18.8 Å². The van der Waals surface area contributed by atoms with Crippen LogP contribution < -0.4 is 0 Å². The summed E-state index contributed by atoms with van der Waals surface area (Å²) in [5.41, 5.74) is 4.76. The zero-order valence-corrected chi connectivity index (χ0v) is 14.2. The monoisotopic (exact) mass is 354 g/mol. The molecule has 4 rings (SSSR count). The molecule has 7 heteroatoms. The maximum atomic E-state index is 13.1. The molecule has 0 saturated heterocycles. The topological polar surface area (TPSA) is 99.1 Å². The van der Waals surface area contributed by atoms with Crippen LogP contribution in [0, 0.1) is 29.6 Å². The number of hydrogen-bond donors (Lipinski definition) is 0. The van der Waals surface area contributed by atoms with Gasteiger partial charge in [-0.15, -0.1) is 0 Å². The first-order valence-electron chi connectivity index (χ1n) is 8.08. The van der Waals surface area contributed by atoms with Crippen molar-refractivity contribution < 1.29 is 4.39 Å². The van der Waals surface area contributed by atoms with Gasteiger partial charge in [0.05, 0.1) is 11.0 Å². The Labute approximate surface area is 153 Å². The molecular weight excluding hydrogens is 343 g/mol. The summed E-state index contributed by atoms with van der Waals surface area (Å²) in [6.07, 6.45) is 0. The first kappa shape index (κ1) is 16.5. The summed E-state index contributed by atoms with van der Waals surface area (Å²) in [6.45, 7) is 1.39. The second kappa shape index (κ2) is 6.40. The zero-order chi connectivity index (χ0) is 19.0. The molecule has 0 atom stereocenters. The van der Waals surface area contributed by atoms with E-state index in [1.807, 2.05) is 43.3 Å². The normalized spacial score (nSPS) is 10.7. The standard InChI is InChI=1S/C20H11FN6/c1-11-4-12(8-21)6-14(5-11)13-2-3-15-16(7-13)25-20-19(24-15)26-17(9-22)18(10-23)27-20/h2-7H,8H2,1H3. The fourth-order valence-corrected chi connectivity index (χ4v) is 2.95. The van der Waals surface area contributed by atoms with E-state index in [1.54, 1.807) is 12.1 Å². The van der Waals surface area contributed by atoms with E-state index in [9.17, 15) is 4.39 Å². The molecule has 4 aromatic rings. The molecule has 0 N–H and O–H groups in total. The van der Waals surface area contributed by atoms with E-state index in [0.717, 1.165) is 16.7 Å². The van der Waals surface area contributed by atoms with Gasteiger partial charge in [0.2, 0.25) is 0 Å². The fourth-order valence-electron chi connectivity index (χ4n) is 2.95. The Kier molecular flexibility index (Phi) is 3.91. The summed E-state index contributed by atoms with van der Waals surface area (Å²) >= 11 is 0. The maximum Gasteiger partial charge on any atom is 0.199 e. The van der Waals surface area contributed by atoms with E-state index in [4.69, 9.17) is 10.5 Å². The number of alkyl halides is 1. The molecular formula is C20H11FN6. The van der Waals surface area contributed by atoms with Crippen molar-refractivity contribution in [2.75, 3.05) is 0 Å². The Balaban J connectivity index is 1.92. The van der Waals surface area contributed by atoms with Crippen LogP contribution in [0.4, 0.5) is 4.39 Å². The van der Waals surface area contributed by atoms with Crippen molar-refractivity contribution in [3.05, 3.63) is 58.9 Å². The van der Waals surface area contributed by atoms with Crippen molar-refractivity contribution >= 4 is 22.3 Å². The number of aryl methyl sites for hydroxylation is 1. The van der Waals surface area contributed by atoms with Gasteiger partial charge in [-0.2, -0.15) is 10.5 Å². The molecule has 0 bridgehead atoms. The van der Waals surface area contributed by atoms with Crippen LogP contribution in [0.25, 0.3) is 33.5 Å². The quantitative estimate of drug-likeness (QED) is 0.508. The summed E-state index contributed by atoms with van der Waals surface area (Å²) in [5, 5.41) is 18.2. The van der Waals surface area contributed by atoms with Crippen LogP contribution in [-0.4, -0.2) is 19.9 Å². The Bertz CT molecular complexity index is 1300. The molecule has 0 saturated carbocycles. The molecule has 2 aromatic heterocycles.